The number of hydrogen-bond acceptors (Lipinski definition) is 4. The maximum absolute atomic E-state index is 12.7. The Morgan fingerprint density at radius 1 is 0.909 bits per heavy atom. The molecule has 0 radical (unpaired) electrons. The van der Waals surface area contributed by atoms with Gasteiger partial charge < -0.3 is 16.4 Å². The van der Waals surface area contributed by atoms with Gasteiger partial charge in [0, 0.05) is 16.8 Å². The second-order valence-corrected chi connectivity index (χ2v) is 10.1. The van der Waals surface area contributed by atoms with Crippen molar-refractivity contribution in [3.63, 3.8) is 0 Å². The highest BCUT2D eigenvalue weighted by atomic mass is 32.1. The van der Waals surface area contributed by atoms with E-state index in [9.17, 15) is 9.59 Å². The molecular formula is C27H27N3O2S. The van der Waals surface area contributed by atoms with Crippen LogP contribution in [0.1, 0.15) is 51.9 Å². The van der Waals surface area contributed by atoms with Crippen LogP contribution in [0.4, 0.5) is 11.4 Å². The lowest BCUT2D eigenvalue weighted by Crippen LogP contribution is -2.23. The fraction of sp³-hybridized carbons (Fsp3) is 0.185. The van der Waals surface area contributed by atoms with Crippen molar-refractivity contribution >= 4 is 44.6 Å². The van der Waals surface area contributed by atoms with E-state index >= 15 is 0 Å². The van der Waals surface area contributed by atoms with Gasteiger partial charge in [-0.3, -0.25) is 9.59 Å². The second-order valence-electron chi connectivity index (χ2n) is 9.03. The summed E-state index contributed by atoms with van der Waals surface area (Å²) in [4.78, 5) is 25.8. The van der Waals surface area contributed by atoms with Crippen LogP contribution in [0.3, 0.4) is 0 Å². The van der Waals surface area contributed by atoms with Crippen molar-refractivity contribution in [2.75, 3.05) is 11.1 Å². The van der Waals surface area contributed by atoms with E-state index < -0.39 is 0 Å². The summed E-state index contributed by atoms with van der Waals surface area (Å²) in [5.41, 5.74) is 9.90. The first-order chi connectivity index (χ1) is 15.7. The average molecular weight is 458 g/mol. The summed E-state index contributed by atoms with van der Waals surface area (Å²) >= 11 is 1.41. The minimum Gasteiger partial charge on any atom is -0.397 e. The van der Waals surface area contributed by atoms with Gasteiger partial charge in [-0.25, -0.2) is 0 Å². The number of rotatable bonds is 5. The SMILES string of the molecule is CC(C)(C)c1ccc(C(=O)NCc2ccc3cc(C(=O)Nc4ccccc4N)sc3c2)cc1. The molecule has 168 valence electrons. The third-order valence-corrected chi connectivity index (χ3v) is 6.58. The lowest BCUT2D eigenvalue weighted by Gasteiger charge is -2.19. The normalized spacial score (nSPS) is 11.4. The van der Waals surface area contributed by atoms with Gasteiger partial charge in [-0.05, 0) is 58.3 Å². The molecule has 4 rings (SSSR count). The standard InChI is InChI=1S/C27H27N3O2S/c1-27(2,3)20-12-10-18(11-13-20)25(31)29-16-17-8-9-19-15-24(33-23(19)14-17)26(32)30-22-7-5-4-6-21(22)28/h4-15H,16,28H2,1-3H3,(H,29,31)(H,30,32). The first-order valence-electron chi connectivity index (χ1n) is 10.8. The van der Waals surface area contributed by atoms with E-state index in [1.54, 1.807) is 12.1 Å². The number of thiophene rings is 1. The summed E-state index contributed by atoms with van der Waals surface area (Å²) in [7, 11) is 0. The molecule has 0 bridgehead atoms. The van der Waals surface area contributed by atoms with E-state index in [-0.39, 0.29) is 17.2 Å². The molecule has 0 unspecified atom stereocenters. The number of para-hydroxylation sites is 2. The molecule has 3 aromatic carbocycles. The van der Waals surface area contributed by atoms with Gasteiger partial charge >= 0.3 is 0 Å². The highest BCUT2D eigenvalue weighted by Gasteiger charge is 2.15. The van der Waals surface area contributed by atoms with Gasteiger partial charge in [0.25, 0.3) is 11.8 Å². The maximum atomic E-state index is 12.7. The maximum Gasteiger partial charge on any atom is 0.265 e. The molecule has 0 aliphatic heterocycles. The number of hydrogen-bond donors (Lipinski definition) is 3. The van der Waals surface area contributed by atoms with Gasteiger partial charge in [0.05, 0.1) is 16.3 Å². The summed E-state index contributed by atoms with van der Waals surface area (Å²) in [6.07, 6.45) is 0. The van der Waals surface area contributed by atoms with E-state index in [1.807, 2.05) is 60.7 Å². The Bertz CT molecular complexity index is 1320. The summed E-state index contributed by atoms with van der Waals surface area (Å²) in [6.45, 7) is 6.86. The van der Waals surface area contributed by atoms with Crippen LogP contribution in [0.5, 0.6) is 0 Å². The molecule has 6 heteroatoms. The minimum absolute atomic E-state index is 0.0502. The Morgan fingerprint density at radius 3 is 2.33 bits per heavy atom. The number of nitrogens with two attached hydrogens (primary N) is 1. The van der Waals surface area contributed by atoms with Crippen molar-refractivity contribution in [1.82, 2.24) is 5.32 Å². The van der Waals surface area contributed by atoms with Gasteiger partial charge in [-0.15, -0.1) is 11.3 Å². The zero-order valence-corrected chi connectivity index (χ0v) is 19.8. The minimum atomic E-state index is -0.192. The van der Waals surface area contributed by atoms with Crippen LogP contribution in [-0.4, -0.2) is 11.8 Å². The smallest absolute Gasteiger partial charge is 0.265 e. The predicted molar refractivity (Wildman–Crippen MR) is 137 cm³/mol. The Morgan fingerprint density at radius 2 is 1.64 bits per heavy atom. The van der Waals surface area contributed by atoms with Crippen LogP contribution in [0.2, 0.25) is 0 Å². The Labute approximate surface area is 197 Å². The lowest BCUT2D eigenvalue weighted by molar-refractivity contribution is 0.0950. The molecule has 0 atom stereocenters. The van der Waals surface area contributed by atoms with Crippen LogP contribution in [0.15, 0.2) is 72.8 Å². The molecule has 0 aliphatic rings. The van der Waals surface area contributed by atoms with Gasteiger partial charge in [0.2, 0.25) is 0 Å². The third-order valence-electron chi connectivity index (χ3n) is 5.48. The number of amides is 2. The second kappa shape index (κ2) is 9.08. The number of carbonyl (C=O) groups is 2. The summed E-state index contributed by atoms with van der Waals surface area (Å²) in [5.74, 6) is -0.301. The molecule has 4 aromatic rings. The highest BCUT2D eigenvalue weighted by Crippen LogP contribution is 2.28. The topological polar surface area (TPSA) is 84.2 Å². The lowest BCUT2D eigenvalue weighted by atomic mass is 9.87. The summed E-state index contributed by atoms with van der Waals surface area (Å²) < 4.78 is 0.988. The molecule has 0 fully saturated rings. The molecule has 1 heterocycles. The van der Waals surface area contributed by atoms with Crippen LogP contribution < -0.4 is 16.4 Å². The molecule has 2 amide bonds. The van der Waals surface area contributed by atoms with E-state index in [0.717, 1.165) is 15.6 Å². The molecular weight excluding hydrogens is 430 g/mol. The van der Waals surface area contributed by atoms with Crippen LogP contribution in [0.25, 0.3) is 10.1 Å². The molecule has 33 heavy (non-hydrogen) atoms. The quantitative estimate of drug-likeness (QED) is 0.323. The molecule has 1 aromatic heterocycles. The average Bonchev–Trinajstić information content (AvgIpc) is 3.22. The van der Waals surface area contributed by atoms with E-state index in [2.05, 4.69) is 31.4 Å². The molecule has 0 saturated carbocycles. The molecule has 5 nitrogen and oxygen atoms in total. The van der Waals surface area contributed by atoms with Crippen LogP contribution in [-0.2, 0) is 12.0 Å². The van der Waals surface area contributed by atoms with Crippen molar-refractivity contribution in [3.05, 3.63) is 94.4 Å². The number of benzene rings is 3. The van der Waals surface area contributed by atoms with Crippen LogP contribution in [0, 0.1) is 0 Å². The Kier molecular flexibility index (Phi) is 6.20. The number of nitrogen functional groups attached to an aromatic ring is 1. The van der Waals surface area contributed by atoms with Crippen molar-refractivity contribution in [3.8, 4) is 0 Å². The van der Waals surface area contributed by atoms with Gasteiger partial charge in [0.1, 0.15) is 0 Å². The predicted octanol–water partition coefficient (Wildman–Crippen LogP) is 5.96. The first-order valence-corrected chi connectivity index (χ1v) is 11.6. The van der Waals surface area contributed by atoms with Crippen LogP contribution >= 0.6 is 11.3 Å². The van der Waals surface area contributed by atoms with Crippen molar-refractivity contribution < 1.29 is 9.59 Å². The molecule has 0 aliphatic carbocycles. The van der Waals surface area contributed by atoms with Gasteiger partial charge in [-0.2, -0.15) is 0 Å². The number of fused-ring (bicyclic) bond motifs is 1. The van der Waals surface area contributed by atoms with Crippen molar-refractivity contribution in [1.29, 1.82) is 0 Å². The number of nitrogens with one attached hydrogen (secondary N) is 2. The fourth-order valence-corrected chi connectivity index (χ4v) is 4.52. The van der Waals surface area contributed by atoms with Gasteiger partial charge in [0.15, 0.2) is 0 Å². The molecule has 0 spiro atoms. The number of anilines is 2. The Balaban J connectivity index is 1.42. The monoisotopic (exact) mass is 457 g/mol. The van der Waals surface area contributed by atoms with Gasteiger partial charge in [-0.1, -0.05) is 57.2 Å². The van der Waals surface area contributed by atoms with Crippen molar-refractivity contribution in [2.24, 2.45) is 0 Å². The molecule has 4 N–H and O–H groups in total. The van der Waals surface area contributed by atoms with E-state index in [0.29, 0.717) is 28.4 Å². The third kappa shape index (κ3) is 5.23. The van der Waals surface area contributed by atoms with Crippen molar-refractivity contribution in [2.45, 2.75) is 32.7 Å². The largest absolute Gasteiger partial charge is 0.397 e. The summed E-state index contributed by atoms with van der Waals surface area (Å²) in [5, 5.41) is 6.83. The first kappa shape index (κ1) is 22.6. The fourth-order valence-electron chi connectivity index (χ4n) is 3.50. The zero-order valence-electron chi connectivity index (χ0n) is 18.9. The zero-order chi connectivity index (χ0) is 23.6. The van der Waals surface area contributed by atoms with E-state index in [4.69, 9.17) is 5.73 Å². The summed E-state index contributed by atoms with van der Waals surface area (Å²) in [6, 6.07) is 22.7. The Hall–Kier alpha value is -3.64. The molecule has 0 saturated heterocycles. The highest BCUT2D eigenvalue weighted by molar-refractivity contribution is 7.20. The van der Waals surface area contributed by atoms with E-state index in [1.165, 1.54) is 16.9 Å². The number of carbonyl (C=O) groups excluding carboxylic acids is 2.